The molecule has 2 aromatic carbocycles. The Morgan fingerprint density at radius 2 is 2.00 bits per heavy atom. The first-order valence-corrected chi connectivity index (χ1v) is 9.23. The molecule has 0 spiro atoms. The van der Waals surface area contributed by atoms with Gasteiger partial charge in [-0.2, -0.15) is 0 Å². The van der Waals surface area contributed by atoms with Crippen molar-refractivity contribution in [2.24, 2.45) is 0 Å². The molecule has 0 bridgehead atoms. The van der Waals surface area contributed by atoms with E-state index in [4.69, 9.17) is 11.6 Å². The van der Waals surface area contributed by atoms with E-state index in [0.29, 0.717) is 23.6 Å². The highest BCUT2D eigenvalue weighted by Crippen LogP contribution is 2.37. The summed E-state index contributed by atoms with van der Waals surface area (Å²) in [7, 11) is 0. The molecule has 1 heterocycles. The lowest BCUT2D eigenvalue weighted by Crippen LogP contribution is -2.13. The summed E-state index contributed by atoms with van der Waals surface area (Å²) in [5, 5.41) is 4.35. The second-order valence-corrected chi connectivity index (χ2v) is 6.93. The fourth-order valence-corrected chi connectivity index (χ4v) is 3.94. The molecule has 132 valence electrons. The van der Waals surface area contributed by atoms with Crippen molar-refractivity contribution in [1.29, 1.82) is 0 Å². The van der Waals surface area contributed by atoms with E-state index in [1.807, 2.05) is 36.4 Å². The number of anilines is 1. The maximum absolute atomic E-state index is 12.5. The number of carbonyl (C=O) groups is 2. The van der Waals surface area contributed by atoms with Gasteiger partial charge in [0.2, 0.25) is 5.91 Å². The number of rotatable bonds is 3. The number of amides is 1. The molecule has 1 aliphatic rings. The van der Waals surface area contributed by atoms with Gasteiger partial charge in [-0.15, -0.1) is 0 Å². The molecule has 0 unspecified atom stereocenters. The number of carbonyl (C=O) groups excluding carboxylic acids is 2. The lowest BCUT2D eigenvalue weighted by atomic mass is 9.94. The van der Waals surface area contributed by atoms with Gasteiger partial charge in [0, 0.05) is 35.2 Å². The summed E-state index contributed by atoms with van der Waals surface area (Å²) < 4.78 is 2.09. The van der Waals surface area contributed by atoms with Gasteiger partial charge >= 0.3 is 0 Å². The van der Waals surface area contributed by atoms with Crippen LogP contribution in [0.25, 0.3) is 16.6 Å². The third-order valence-corrected chi connectivity index (χ3v) is 5.17. The SMILES string of the molecule is CCC(=O)Nc1ccc(-n2c3c(c4ccccc42)C(=O)CCC3)c(Cl)c1. The first kappa shape index (κ1) is 16.9. The second kappa shape index (κ2) is 6.61. The van der Waals surface area contributed by atoms with Gasteiger partial charge in [0.1, 0.15) is 0 Å². The molecular weight excluding hydrogens is 348 g/mol. The van der Waals surface area contributed by atoms with Crippen molar-refractivity contribution < 1.29 is 9.59 Å². The zero-order valence-electron chi connectivity index (χ0n) is 14.5. The number of aromatic nitrogens is 1. The fourth-order valence-electron chi connectivity index (χ4n) is 3.67. The minimum Gasteiger partial charge on any atom is -0.326 e. The number of nitrogens with zero attached hydrogens (tertiary/aromatic N) is 1. The van der Waals surface area contributed by atoms with Gasteiger partial charge in [-0.25, -0.2) is 0 Å². The van der Waals surface area contributed by atoms with Gasteiger partial charge in [-0.3, -0.25) is 9.59 Å². The third-order valence-electron chi connectivity index (χ3n) is 4.86. The van der Waals surface area contributed by atoms with E-state index in [0.717, 1.165) is 40.7 Å². The molecule has 5 heteroatoms. The highest BCUT2D eigenvalue weighted by Gasteiger charge is 2.26. The highest BCUT2D eigenvalue weighted by atomic mass is 35.5. The Morgan fingerprint density at radius 3 is 2.77 bits per heavy atom. The minimum atomic E-state index is -0.0526. The first-order chi connectivity index (χ1) is 12.6. The van der Waals surface area contributed by atoms with Crippen molar-refractivity contribution >= 4 is 39.9 Å². The lowest BCUT2D eigenvalue weighted by Gasteiger charge is -2.17. The lowest BCUT2D eigenvalue weighted by molar-refractivity contribution is -0.115. The van der Waals surface area contributed by atoms with Crippen molar-refractivity contribution in [2.75, 3.05) is 5.32 Å². The van der Waals surface area contributed by atoms with Crippen LogP contribution in [0.15, 0.2) is 42.5 Å². The van der Waals surface area contributed by atoms with Crippen LogP contribution in [0, 0.1) is 0 Å². The molecule has 4 nitrogen and oxygen atoms in total. The first-order valence-electron chi connectivity index (χ1n) is 8.85. The molecule has 0 aliphatic heterocycles. The molecule has 0 fully saturated rings. The van der Waals surface area contributed by atoms with Gasteiger partial charge in [0.15, 0.2) is 5.78 Å². The summed E-state index contributed by atoms with van der Waals surface area (Å²) in [6, 6.07) is 13.5. The topological polar surface area (TPSA) is 51.1 Å². The zero-order chi connectivity index (χ0) is 18.3. The Labute approximate surface area is 156 Å². The summed E-state index contributed by atoms with van der Waals surface area (Å²) >= 11 is 6.57. The van der Waals surface area contributed by atoms with Crippen molar-refractivity contribution in [1.82, 2.24) is 4.57 Å². The maximum atomic E-state index is 12.5. The number of hydrogen-bond acceptors (Lipinski definition) is 2. The average Bonchev–Trinajstić information content (AvgIpc) is 2.97. The molecular formula is C21H19ClN2O2. The van der Waals surface area contributed by atoms with Gasteiger partial charge in [0.05, 0.1) is 16.2 Å². The average molecular weight is 367 g/mol. The van der Waals surface area contributed by atoms with E-state index in [9.17, 15) is 9.59 Å². The third kappa shape index (κ3) is 2.71. The summed E-state index contributed by atoms with van der Waals surface area (Å²) in [6.45, 7) is 1.81. The van der Waals surface area contributed by atoms with E-state index in [-0.39, 0.29) is 11.7 Å². The smallest absolute Gasteiger partial charge is 0.224 e. The van der Waals surface area contributed by atoms with E-state index >= 15 is 0 Å². The Morgan fingerprint density at radius 1 is 1.19 bits per heavy atom. The summed E-state index contributed by atoms with van der Waals surface area (Å²) in [6.07, 6.45) is 2.71. The van der Waals surface area contributed by atoms with Crippen LogP contribution >= 0.6 is 11.6 Å². The Bertz CT molecular complexity index is 1040. The van der Waals surface area contributed by atoms with Crippen LogP contribution in [0.1, 0.15) is 42.2 Å². The fraction of sp³-hybridized carbons (Fsp3) is 0.238. The zero-order valence-corrected chi connectivity index (χ0v) is 15.3. The molecule has 0 atom stereocenters. The van der Waals surface area contributed by atoms with Crippen LogP contribution in [0.5, 0.6) is 0 Å². The molecule has 3 aromatic rings. The summed E-state index contributed by atoms with van der Waals surface area (Å²) in [5.74, 6) is 0.146. The normalized spacial score (nSPS) is 13.7. The van der Waals surface area contributed by atoms with Crippen molar-refractivity contribution in [2.45, 2.75) is 32.6 Å². The minimum absolute atomic E-state index is 0.0526. The molecule has 1 aromatic heterocycles. The number of para-hydroxylation sites is 1. The number of halogens is 1. The van der Waals surface area contributed by atoms with Gasteiger partial charge in [-0.05, 0) is 37.1 Å². The largest absolute Gasteiger partial charge is 0.326 e. The number of Topliss-reactive ketones (excluding diaryl/α,β-unsaturated/α-hetero) is 1. The predicted octanol–water partition coefficient (Wildman–Crippen LogP) is 5.15. The number of ketones is 1. The van der Waals surface area contributed by atoms with E-state index < -0.39 is 0 Å². The number of hydrogen-bond donors (Lipinski definition) is 1. The highest BCUT2D eigenvalue weighted by molar-refractivity contribution is 6.33. The monoisotopic (exact) mass is 366 g/mol. The van der Waals surface area contributed by atoms with Crippen LogP contribution in [0.3, 0.4) is 0 Å². The molecule has 0 saturated carbocycles. The molecule has 1 N–H and O–H groups in total. The Kier molecular flexibility index (Phi) is 4.29. The van der Waals surface area contributed by atoms with Crippen LogP contribution in [-0.4, -0.2) is 16.3 Å². The van der Waals surface area contributed by atoms with Gasteiger partial charge in [-0.1, -0.05) is 36.7 Å². The molecule has 26 heavy (non-hydrogen) atoms. The van der Waals surface area contributed by atoms with Gasteiger partial charge < -0.3 is 9.88 Å². The molecule has 4 rings (SSSR count). The Balaban J connectivity index is 1.90. The van der Waals surface area contributed by atoms with Gasteiger partial charge in [0.25, 0.3) is 0 Å². The van der Waals surface area contributed by atoms with Crippen LogP contribution in [0.2, 0.25) is 5.02 Å². The predicted molar refractivity (Wildman–Crippen MR) is 104 cm³/mol. The van der Waals surface area contributed by atoms with Crippen LogP contribution < -0.4 is 5.32 Å². The molecule has 0 saturated heterocycles. The quantitative estimate of drug-likeness (QED) is 0.696. The summed E-state index contributed by atoms with van der Waals surface area (Å²) in [4.78, 5) is 24.2. The van der Waals surface area contributed by atoms with E-state index in [1.165, 1.54) is 0 Å². The molecule has 0 radical (unpaired) electrons. The van der Waals surface area contributed by atoms with Crippen molar-refractivity contribution in [3.63, 3.8) is 0 Å². The van der Waals surface area contributed by atoms with Crippen molar-refractivity contribution in [3.8, 4) is 5.69 Å². The standard InChI is InChI=1S/C21H19ClN2O2/c1-2-20(26)23-13-10-11-17(15(22)12-13)24-16-7-4-3-6-14(16)21-18(24)8-5-9-19(21)25/h3-4,6-7,10-12H,2,5,8-9H2,1H3,(H,23,26). The van der Waals surface area contributed by atoms with Crippen molar-refractivity contribution in [3.05, 3.63) is 58.7 Å². The number of nitrogens with one attached hydrogen (secondary N) is 1. The Hall–Kier alpha value is -2.59. The molecule has 1 aliphatic carbocycles. The molecule has 1 amide bonds. The van der Waals surface area contributed by atoms with E-state index in [2.05, 4.69) is 9.88 Å². The van der Waals surface area contributed by atoms with E-state index in [1.54, 1.807) is 13.0 Å². The number of fused-ring (bicyclic) bond motifs is 3. The van der Waals surface area contributed by atoms with Crippen LogP contribution in [-0.2, 0) is 11.2 Å². The number of benzene rings is 2. The second-order valence-electron chi connectivity index (χ2n) is 6.52. The van der Waals surface area contributed by atoms with Crippen LogP contribution in [0.4, 0.5) is 5.69 Å². The maximum Gasteiger partial charge on any atom is 0.224 e. The summed E-state index contributed by atoms with van der Waals surface area (Å²) in [5.41, 5.74) is 4.33.